The number of rotatable bonds is 6. The highest BCUT2D eigenvalue weighted by atomic mass is 32.1. The normalized spacial score (nSPS) is 15.7. The molecule has 1 aliphatic rings. The lowest BCUT2D eigenvalue weighted by atomic mass is 9.87. The highest BCUT2D eigenvalue weighted by molar-refractivity contribution is 7.14. The number of hydrogen-bond acceptors (Lipinski definition) is 4. The van der Waals surface area contributed by atoms with Crippen LogP contribution in [0.3, 0.4) is 0 Å². The number of benzene rings is 1. The lowest BCUT2D eigenvalue weighted by molar-refractivity contribution is -0.120. The van der Waals surface area contributed by atoms with E-state index in [1.54, 1.807) is 18.4 Å². The molecule has 1 aliphatic carbocycles. The maximum absolute atomic E-state index is 12.7. The Kier molecular flexibility index (Phi) is 6.16. The molecule has 3 rings (SSSR count). The van der Waals surface area contributed by atoms with E-state index in [-0.39, 0.29) is 17.7 Å². The fourth-order valence-corrected chi connectivity index (χ4v) is 4.64. The Morgan fingerprint density at radius 1 is 1.26 bits per heavy atom. The van der Waals surface area contributed by atoms with Crippen LogP contribution in [0.5, 0.6) is 5.75 Å². The minimum atomic E-state index is -0.0743. The van der Waals surface area contributed by atoms with Crippen LogP contribution in [0.1, 0.15) is 40.4 Å². The first kappa shape index (κ1) is 19.4. The number of fused-ring (bicyclic) bond motifs is 1. The van der Waals surface area contributed by atoms with Crippen LogP contribution in [0.15, 0.2) is 30.3 Å². The Labute approximate surface area is 164 Å². The van der Waals surface area contributed by atoms with Gasteiger partial charge in [0.25, 0.3) is 5.91 Å². The van der Waals surface area contributed by atoms with Gasteiger partial charge < -0.3 is 15.0 Å². The maximum Gasteiger partial charge on any atom is 0.263 e. The third kappa shape index (κ3) is 4.33. The number of carbonyl (C=O) groups excluding carboxylic acids is 2. The standard InChI is InChI=1S/C21H26N2O3S/c1-4-23(5-2)21(25)19-12-15-11-14(9-10-18(15)27-19)20(24)22-16-7-6-8-17(13-16)26-3/h6-8,12-14H,4-5,9-11H2,1-3H3,(H,22,24)/t14-/m0/s1. The van der Waals surface area contributed by atoms with E-state index in [0.29, 0.717) is 19.5 Å². The van der Waals surface area contributed by atoms with Gasteiger partial charge in [0.15, 0.2) is 0 Å². The van der Waals surface area contributed by atoms with Crippen LogP contribution in [0.4, 0.5) is 5.69 Å². The Balaban J connectivity index is 1.68. The van der Waals surface area contributed by atoms with E-state index in [9.17, 15) is 9.59 Å². The molecule has 0 unspecified atom stereocenters. The molecule has 0 aliphatic heterocycles. The van der Waals surface area contributed by atoms with E-state index in [1.165, 1.54) is 4.88 Å². The Morgan fingerprint density at radius 2 is 2.04 bits per heavy atom. The summed E-state index contributed by atoms with van der Waals surface area (Å²) in [6.07, 6.45) is 2.34. The first-order valence-electron chi connectivity index (χ1n) is 9.41. The molecule has 0 fully saturated rings. The molecule has 6 heteroatoms. The molecule has 1 aromatic heterocycles. The lowest BCUT2D eigenvalue weighted by Crippen LogP contribution is -2.29. The van der Waals surface area contributed by atoms with E-state index in [2.05, 4.69) is 5.32 Å². The Bertz CT molecular complexity index is 827. The summed E-state index contributed by atoms with van der Waals surface area (Å²) in [5, 5.41) is 2.99. The largest absolute Gasteiger partial charge is 0.497 e. The zero-order valence-electron chi connectivity index (χ0n) is 16.1. The Hall–Kier alpha value is -2.34. The monoisotopic (exact) mass is 386 g/mol. The van der Waals surface area contributed by atoms with Gasteiger partial charge in [0, 0.05) is 35.6 Å². The molecule has 27 heavy (non-hydrogen) atoms. The average Bonchev–Trinajstić information content (AvgIpc) is 3.12. The second-order valence-electron chi connectivity index (χ2n) is 6.70. The van der Waals surface area contributed by atoms with Crippen molar-refractivity contribution < 1.29 is 14.3 Å². The van der Waals surface area contributed by atoms with Crippen molar-refractivity contribution in [3.8, 4) is 5.75 Å². The topological polar surface area (TPSA) is 58.6 Å². The molecule has 1 atom stereocenters. The number of hydrogen-bond donors (Lipinski definition) is 1. The highest BCUT2D eigenvalue weighted by Gasteiger charge is 2.28. The smallest absolute Gasteiger partial charge is 0.263 e. The van der Waals surface area contributed by atoms with E-state index in [1.807, 2.05) is 49.1 Å². The van der Waals surface area contributed by atoms with E-state index >= 15 is 0 Å². The predicted molar refractivity (Wildman–Crippen MR) is 109 cm³/mol. The fraction of sp³-hybridized carbons (Fsp3) is 0.429. The van der Waals surface area contributed by atoms with Crippen molar-refractivity contribution in [1.29, 1.82) is 0 Å². The lowest BCUT2D eigenvalue weighted by Gasteiger charge is -2.21. The first-order chi connectivity index (χ1) is 13.0. The molecule has 0 radical (unpaired) electrons. The molecule has 1 heterocycles. The zero-order chi connectivity index (χ0) is 19.4. The molecule has 0 spiro atoms. The zero-order valence-corrected chi connectivity index (χ0v) is 16.9. The third-order valence-corrected chi connectivity index (χ3v) is 6.28. The molecule has 2 amide bonds. The van der Waals surface area contributed by atoms with Crippen LogP contribution < -0.4 is 10.1 Å². The molecule has 5 nitrogen and oxygen atoms in total. The molecular formula is C21H26N2O3S. The van der Waals surface area contributed by atoms with Gasteiger partial charge in [-0.05, 0) is 56.9 Å². The second-order valence-corrected chi connectivity index (χ2v) is 7.83. The van der Waals surface area contributed by atoms with Crippen molar-refractivity contribution >= 4 is 28.8 Å². The summed E-state index contributed by atoms with van der Waals surface area (Å²) in [6.45, 7) is 5.41. The van der Waals surface area contributed by atoms with Gasteiger partial charge in [-0.2, -0.15) is 0 Å². The second kappa shape index (κ2) is 8.57. The van der Waals surface area contributed by atoms with Crippen molar-refractivity contribution in [3.63, 3.8) is 0 Å². The van der Waals surface area contributed by atoms with Crippen LogP contribution in [0.25, 0.3) is 0 Å². The number of aryl methyl sites for hydroxylation is 1. The van der Waals surface area contributed by atoms with Gasteiger partial charge in [-0.1, -0.05) is 6.07 Å². The molecule has 0 saturated heterocycles. The van der Waals surface area contributed by atoms with Crippen molar-refractivity contribution in [2.45, 2.75) is 33.1 Å². The van der Waals surface area contributed by atoms with Crippen LogP contribution >= 0.6 is 11.3 Å². The summed E-state index contributed by atoms with van der Waals surface area (Å²) in [4.78, 5) is 29.2. The highest BCUT2D eigenvalue weighted by Crippen LogP contribution is 2.33. The van der Waals surface area contributed by atoms with Crippen molar-refractivity contribution in [3.05, 3.63) is 45.6 Å². The van der Waals surface area contributed by atoms with Crippen molar-refractivity contribution in [2.24, 2.45) is 5.92 Å². The number of amides is 2. The first-order valence-corrected chi connectivity index (χ1v) is 10.2. The third-order valence-electron chi connectivity index (χ3n) is 5.05. The van der Waals surface area contributed by atoms with Gasteiger partial charge in [-0.25, -0.2) is 0 Å². The number of carbonyl (C=O) groups is 2. The van der Waals surface area contributed by atoms with E-state index < -0.39 is 0 Å². The quantitative estimate of drug-likeness (QED) is 0.817. The molecule has 1 aromatic carbocycles. The fourth-order valence-electron chi connectivity index (χ4n) is 3.46. The van der Waals surface area contributed by atoms with Crippen LogP contribution in [-0.4, -0.2) is 36.9 Å². The van der Waals surface area contributed by atoms with Gasteiger partial charge in [0.1, 0.15) is 5.75 Å². The molecule has 1 N–H and O–H groups in total. The van der Waals surface area contributed by atoms with Crippen LogP contribution in [0, 0.1) is 5.92 Å². The Morgan fingerprint density at radius 3 is 2.74 bits per heavy atom. The summed E-state index contributed by atoms with van der Waals surface area (Å²) in [7, 11) is 1.61. The van der Waals surface area contributed by atoms with Gasteiger partial charge in [-0.3, -0.25) is 9.59 Å². The molecule has 144 valence electrons. The number of thiophene rings is 1. The van der Waals surface area contributed by atoms with Gasteiger partial charge in [-0.15, -0.1) is 11.3 Å². The molecule has 0 saturated carbocycles. The SMILES string of the molecule is CCN(CC)C(=O)c1cc2c(s1)CC[C@H](C(=O)Nc1cccc(OC)c1)C2. The number of ether oxygens (including phenoxy) is 1. The molecule has 2 aromatic rings. The van der Waals surface area contributed by atoms with Crippen LogP contribution in [0.2, 0.25) is 0 Å². The van der Waals surface area contributed by atoms with Gasteiger partial charge >= 0.3 is 0 Å². The number of nitrogens with one attached hydrogen (secondary N) is 1. The summed E-state index contributed by atoms with van der Waals surface area (Å²) in [5.41, 5.74) is 1.89. The van der Waals surface area contributed by atoms with Crippen LogP contribution in [-0.2, 0) is 17.6 Å². The number of nitrogens with zero attached hydrogens (tertiary/aromatic N) is 1. The summed E-state index contributed by atoms with van der Waals surface area (Å²) >= 11 is 1.59. The van der Waals surface area contributed by atoms with Crippen molar-refractivity contribution in [2.75, 3.05) is 25.5 Å². The predicted octanol–water partition coefficient (Wildman–Crippen LogP) is 3.98. The number of anilines is 1. The summed E-state index contributed by atoms with van der Waals surface area (Å²) in [6, 6.07) is 9.38. The van der Waals surface area contributed by atoms with Gasteiger partial charge in [0.05, 0.1) is 12.0 Å². The van der Waals surface area contributed by atoms with Crippen molar-refractivity contribution in [1.82, 2.24) is 4.90 Å². The number of methoxy groups -OCH3 is 1. The minimum Gasteiger partial charge on any atom is -0.497 e. The molecule has 0 bridgehead atoms. The average molecular weight is 387 g/mol. The van der Waals surface area contributed by atoms with E-state index in [4.69, 9.17) is 4.74 Å². The summed E-state index contributed by atoms with van der Waals surface area (Å²) < 4.78 is 5.21. The summed E-state index contributed by atoms with van der Waals surface area (Å²) in [5.74, 6) is 0.763. The molecular weight excluding hydrogens is 360 g/mol. The van der Waals surface area contributed by atoms with E-state index in [0.717, 1.165) is 34.7 Å². The maximum atomic E-state index is 12.7. The minimum absolute atomic E-state index is 0.0247. The van der Waals surface area contributed by atoms with Gasteiger partial charge in [0.2, 0.25) is 5.91 Å².